The van der Waals surface area contributed by atoms with Crippen molar-refractivity contribution in [3.8, 4) is 0 Å². The van der Waals surface area contributed by atoms with Gasteiger partial charge in [0.1, 0.15) is 5.69 Å². The standard InChI is InChI=1S/C23H28N4O3S/c1-15(2)27-18(8-10-25-27)23(29)26-12-9-16(14-26)20-17-6-4-5-7-19(17)31-21(20)22(28)24-11-13-30-3/h4-8,10,15-16H,9,11-14H2,1-3H3,(H,24,28)/t16-/m0/s1. The van der Waals surface area contributed by atoms with E-state index < -0.39 is 0 Å². The zero-order chi connectivity index (χ0) is 22.0. The minimum Gasteiger partial charge on any atom is -0.383 e. The molecule has 8 heteroatoms. The van der Waals surface area contributed by atoms with Gasteiger partial charge in [0.05, 0.1) is 11.5 Å². The second kappa shape index (κ2) is 9.20. The van der Waals surface area contributed by atoms with Crippen LogP contribution in [-0.4, -0.2) is 59.8 Å². The van der Waals surface area contributed by atoms with Gasteiger partial charge in [-0.15, -0.1) is 11.3 Å². The van der Waals surface area contributed by atoms with Gasteiger partial charge in [-0.25, -0.2) is 0 Å². The number of likely N-dealkylation sites (tertiary alicyclic amines) is 1. The highest BCUT2D eigenvalue weighted by atomic mass is 32.1. The zero-order valence-corrected chi connectivity index (χ0v) is 18.9. The molecule has 1 aliphatic rings. The third kappa shape index (κ3) is 4.22. The van der Waals surface area contributed by atoms with Crippen LogP contribution in [0, 0.1) is 0 Å². The first-order chi connectivity index (χ1) is 15.0. The molecule has 0 bridgehead atoms. The third-order valence-corrected chi connectivity index (χ3v) is 6.88. The fourth-order valence-corrected chi connectivity index (χ4v) is 5.43. The van der Waals surface area contributed by atoms with E-state index in [0.29, 0.717) is 31.9 Å². The molecule has 3 aromatic rings. The maximum absolute atomic E-state index is 13.2. The number of hydrogen-bond donors (Lipinski definition) is 1. The quantitative estimate of drug-likeness (QED) is 0.569. The normalized spacial score (nSPS) is 16.4. The third-order valence-electron chi connectivity index (χ3n) is 5.69. The van der Waals surface area contributed by atoms with Crippen LogP contribution in [0.4, 0.5) is 0 Å². The Morgan fingerprint density at radius 2 is 2.10 bits per heavy atom. The van der Waals surface area contributed by atoms with Crippen LogP contribution >= 0.6 is 11.3 Å². The maximum atomic E-state index is 13.2. The molecule has 0 spiro atoms. The molecule has 1 aliphatic heterocycles. The van der Waals surface area contributed by atoms with Gasteiger partial charge in [0.2, 0.25) is 0 Å². The van der Waals surface area contributed by atoms with Gasteiger partial charge in [-0.1, -0.05) is 18.2 Å². The summed E-state index contributed by atoms with van der Waals surface area (Å²) >= 11 is 1.52. The molecular formula is C23H28N4O3S. The molecule has 2 amide bonds. The highest BCUT2D eigenvalue weighted by Gasteiger charge is 2.33. The lowest BCUT2D eigenvalue weighted by molar-refractivity contribution is 0.0776. The van der Waals surface area contributed by atoms with Gasteiger partial charge in [0.25, 0.3) is 11.8 Å². The van der Waals surface area contributed by atoms with Gasteiger partial charge in [0.15, 0.2) is 0 Å². The van der Waals surface area contributed by atoms with Gasteiger partial charge in [-0.05, 0) is 43.4 Å². The molecule has 2 aromatic heterocycles. The molecule has 7 nitrogen and oxygen atoms in total. The predicted octanol–water partition coefficient (Wildman–Crippen LogP) is 3.68. The van der Waals surface area contributed by atoms with E-state index in [-0.39, 0.29) is 23.8 Å². The summed E-state index contributed by atoms with van der Waals surface area (Å²) in [6.07, 6.45) is 2.51. The second-order valence-electron chi connectivity index (χ2n) is 8.08. The Kier molecular flexibility index (Phi) is 6.38. The van der Waals surface area contributed by atoms with Crippen molar-refractivity contribution in [1.82, 2.24) is 20.0 Å². The van der Waals surface area contributed by atoms with Gasteiger partial charge in [-0.2, -0.15) is 5.10 Å². The van der Waals surface area contributed by atoms with Crippen LogP contribution in [0.3, 0.4) is 0 Å². The maximum Gasteiger partial charge on any atom is 0.272 e. The number of benzene rings is 1. The van der Waals surface area contributed by atoms with Gasteiger partial charge in [-0.3, -0.25) is 14.3 Å². The summed E-state index contributed by atoms with van der Waals surface area (Å²) in [4.78, 5) is 28.7. The van der Waals surface area contributed by atoms with Crippen LogP contribution in [0.5, 0.6) is 0 Å². The molecule has 1 N–H and O–H groups in total. The Balaban J connectivity index is 1.60. The van der Waals surface area contributed by atoms with Crippen LogP contribution < -0.4 is 5.32 Å². The molecule has 3 heterocycles. The Morgan fingerprint density at radius 1 is 1.29 bits per heavy atom. The first-order valence-corrected chi connectivity index (χ1v) is 11.4. The van der Waals surface area contributed by atoms with Gasteiger partial charge >= 0.3 is 0 Å². The molecule has 0 saturated carbocycles. The number of methoxy groups -OCH3 is 1. The minimum atomic E-state index is -0.0732. The lowest BCUT2D eigenvalue weighted by atomic mass is 9.95. The van der Waals surface area contributed by atoms with Crippen LogP contribution in [0.15, 0.2) is 36.5 Å². The lowest BCUT2D eigenvalue weighted by Crippen LogP contribution is -2.31. The van der Waals surface area contributed by atoms with Crippen molar-refractivity contribution in [3.63, 3.8) is 0 Å². The van der Waals surface area contributed by atoms with Crippen molar-refractivity contribution in [2.24, 2.45) is 0 Å². The van der Waals surface area contributed by atoms with Crippen LogP contribution in [0.1, 0.15) is 58.0 Å². The summed E-state index contributed by atoms with van der Waals surface area (Å²) in [7, 11) is 1.62. The Labute approximate surface area is 186 Å². The number of ether oxygens (including phenoxy) is 1. The molecule has 31 heavy (non-hydrogen) atoms. The van der Waals surface area contributed by atoms with Crippen molar-refractivity contribution in [3.05, 3.63) is 52.7 Å². The summed E-state index contributed by atoms with van der Waals surface area (Å²) < 4.78 is 7.92. The fraction of sp³-hybridized carbons (Fsp3) is 0.435. The zero-order valence-electron chi connectivity index (χ0n) is 18.1. The highest BCUT2D eigenvalue weighted by Crippen LogP contribution is 2.40. The van der Waals surface area contributed by atoms with Crippen molar-refractivity contribution in [2.75, 3.05) is 33.4 Å². The molecule has 1 atom stereocenters. The number of fused-ring (bicyclic) bond motifs is 1. The summed E-state index contributed by atoms with van der Waals surface area (Å²) in [5, 5.41) is 8.36. The highest BCUT2D eigenvalue weighted by molar-refractivity contribution is 7.21. The lowest BCUT2D eigenvalue weighted by Gasteiger charge is -2.19. The Hall–Kier alpha value is -2.71. The number of nitrogens with zero attached hydrogens (tertiary/aromatic N) is 3. The molecule has 164 valence electrons. The van der Waals surface area contributed by atoms with E-state index in [0.717, 1.165) is 26.9 Å². The number of carbonyl (C=O) groups excluding carboxylic acids is 2. The molecule has 0 radical (unpaired) electrons. The molecule has 0 aliphatic carbocycles. The van der Waals surface area contributed by atoms with Crippen molar-refractivity contribution in [1.29, 1.82) is 0 Å². The molecule has 1 saturated heterocycles. The topological polar surface area (TPSA) is 76.5 Å². The second-order valence-corrected chi connectivity index (χ2v) is 9.13. The molecule has 0 unspecified atom stereocenters. The SMILES string of the molecule is COCCNC(=O)c1sc2ccccc2c1[C@H]1CCN(C(=O)c2ccnn2C(C)C)C1. The van der Waals surface area contributed by atoms with Gasteiger partial charge in [0, 0.05) is 49.6 Å². The first-order valence-electron chi connectivity index (χ1n) is 10.6. The Morgan fingerprint density at radius 3 is 2.87 bits per heavy atom. The largest absolute Gasteiger partial charge is 0.383 e. The number of amides is 2. The van der Waals surface area contributed by atoms with E-state index in [9.17, 15) is 9.59 Å². The molecule has 4 rings (SSSR count). The van der Waals surface area contributed by atoms with E-state index in [1.807, 2.05) is 30.9 Å². The average Bonchev–Trinajstić information content (AvgIpc) is 3.50. The Bertz CT molecular complexity index is 1090. The van der Waals surface area contributed by atoms with Crippen molar-refractivity contribution >= 4 is 33.2 Å². The van der Waals surface area contributed by atoms with E-state index >= 15 is 0 Å². The monoisotopic (exact) mass is 440 g/mol. The van der Waals surface area contributed by atoms with E-state index in [4.69, 9.17) is 4.74 Å². The molecule has 1 aromatic carbocycles. The minimum absolute atomic E-state index is 0.000619. The van der Waals surface area contributed by atoms with E-state index in [1.165, 1.54) is 11.3 Å². The van der Waals surface area contributed by atoms with E-state index in [1.54, 1.807) is 24.1 Å². The van der Waals surface area contributed by atoms with Crippen LogP contribution in [0.25, 0.3) is 10.1 Å². The molecular weight excluding hydrogens is 412 g/mol. The summed E-state index contributed by atoms with van der Waals surface area (Å²) in [5.74, 6) is 0.0499. The summed E-state index contributed by atoms with van der Waals surface area (Å²) in [6.45, 7) is 6.24. The van der Waals surface area contributed by atoms with Crippen LogP contribution in [0.2, 0.25) is 0 Å². The summed E-state index contributed by atoms with van der Waals surface area (Å²) in [5.41, 5.74) is 1.67. The molecule has 1 fully saturated rings. The predicted molar refractivity (Wildman–Crippen MR) is 122 cm³/mol. The van der Waals surface area contributed by atoms with Crippen LogP contribution in [-0.2, 0) is 4.74 Å². The number of carbonyl (C=O) groups is 2. The fourth-order valence-electron chi connectivity index (χ4n) is 4.22. The number of rotatable bonds is 7. The van der Waals surface area contributed by atoms with Gasteiger partial charge < -0.3 is 15.0 Å². The van der Waals surface area contributed by atoms with Crippen molar-refractivity contribution < 1.29 is 14.3 Å². The average molecular weight is 441 g/mol. The number of nitrogens with one attached hydrogen (secondary N) is 1. The van der Waals surface area contributed by atoms with Crippen molar-refractivity contribution in [2.45, 2.75) is 32.2 Å². The summed E-state index contributed by atoms with van der Waals surface area (Å²) in [6, 6.07) is 10.0. The first kappa shape index (κ1) is 21.5. The smallest absolute Gasteiger partial charge is 0.272 e. The number of hydrogen-bond acceptors (Lipinski definition) is 5. The number of aromatic nitrogens is 2. The van der Waals surface area contributed by atoms with E-state index in [2.05, 4.69) is 22.5 Å². The number of thiophene rings is 1.